The van der Waals surface area contributed by atoms with Crippen molar-refractivity contribution in [3.63, 3.8) is 0 Å². The SMILES string of the molecule is Cn1c(=O)c2c(nc(OC3CCN(C(=O)C4CC4)CC3)n2Cc2cccc(F)c2)n(C)c1=O. The molecule has 0 N–H and O–H groups in total. The van der Waals surface area contributed by atoms with Gasteiger partial charge in [0.05, 0.1) is 6.54 Å². The molecule has 1 saturated heterocycles. The van der Waals surface area contributed by atoms with Crippen LogP contribution >= 0.6 is 0 Å². The highest BCUT2D eigenvalue weighted by molar-refractivity contribution is 5.81. The van der Waals surface area contributed by atoms with E-state index < -0.39 is 11.2 Å². The third-order valence-corrected chi connectivity index (χ3v) is 6.49. The summed E-state index contributed by atoms with van der Waals surface area (Å²) in [6.07, 6.45) is 3.08. The summed E-state index contributed by atoms with van der Waals surface area (Å²) in [5.41, 5.74) is 0.106. The van der Waals surface area contributed by atoms with Crippen molar-refractivity contribution in [1.82, 2.24) is 23.6 Å². The Morgan fingerprint density at radius 1 is 1.12 bits per heavy atom. The summed E-state index contributed by atoms with van der Waals surface area (Å²) in [5, 5.41) is 0. The van der Waals surface area contributed by atoms with Gasteiger partial charge in [0, 0.05) is 45.9 Å². The molecule has 0 spiro atoms. The number of ether oxygens (including phenoxy) is 1. The highest BCUT2D eigenvalue weighted by Crippen LogP contribution is 2.32. The standard InChI is InChI=1S/C23H26FN5O4/c1-26-19-18(21(31)27(2)23(26)32)29(13-14-4-3-5-16(24)12-14)22(25-19)33-17-8-10-28(11-9-17)20(30)15-6-7-15/h3-5,12,15,17H,6-11,13H2,1-2H3. The van der Waals surface area contributed by atoms with Crippen LogP contribution < -0.4 is 16.0 Å². The molecule has 3 heterocycles. The maximum Gasteiger partial charge on any atom is 0.332 e. The summed E-state index contributed by atoms with van der Waals surface area (Å²) in [4.78, 5) is 44.1. The number of rotatable bonds is 5. The molecule has 1 saturated carbocycles. The Hall–Kier alpha value is -3.43. The van der Waals surface area contributed by atoms with Crippen LogP contribution in [-0.2, 0) is 25.4 Å². The molecule has 10 heteroatoms. The molecule has 9 nitrogen and oxygen atoms in total. The fourth-order valence-corrected chi connectivity index (χ4v) is 4.41. The average molecular weight is 455 g/mol. The van der Waals surface area contributed by atoms with Crippen LogP contribution in [0.25, 0.3) is 11.2 Å². The number of benzene rings is 1. The number of nitrogens with zero attached hydrogens (tertiary/aromatic N) is 5. The van der Waals surface area contributed by atoms with Gasteiger partial charge in [-0.05, 0) is 30.5 Å². The number of fused-ring (bicyclic) bond motifs is 1. The largest absolute Gasteiger partial charge is 0.461 e. The van der Waals surface area contributed by atoms with Gasteiger partial charge in [-0.25, -0.2) is 9.18 Å². The van der Waals surface area contributed by atoms with Crippen molar-refractivity contribution in [2.75, 3.05) is 13.1 Å². The van der Waals surface area contributed by atoms with E-state index in [1.807, 2.05) is 4.90 Å². The first-order chi connectivity index (χ1) is 15.8. The van der Waals surface area contributed by atoms with E-state index in [4.69, 9.17) is 4.74 Å². The van der Waals surface area contributed by atoms with E-state index >= 15 is 0 Å². The minimum absolute atomic E-state index is 0.163. The maximum absolute atomic E-state index is 13.8. The van der Waals surface area contributed by atoms with E-state index in [1.54, 1.807) is 23.7 Å². The summed E-state index contributed by atoms with van der Waals surface area (Å²) >= 11 is 0. The van der Waals surface area contributed by atoms with Gasteiger partial charge in [0.25, 0.3) is 11.6 Å². The van der Waals surface area contributed by atoms with E-state index in [2.05, 4.69) is 4.98 Å². The summed E-state index contributed by atoms with van der Waals surface area (Å²) in [7, 11) is 2.96. The maximum atomic E-state index is 13.8. The Kier molecular flexibility index (Phi) is 5.30. The van der Waals surface area contributed by atoms with Crippen LogP contribution in [-0.4, -0.2) is 48.7 Å². The van der Waals surface area contributed by atoms with Crippen molar-refractivity contribution >= 4 is 17.1 Å². The molecule has 1 amide bonds. The highest BCUT2D eigenvalue weighted by atomic mass is 19.1. The lowest BCUT2D eigenvalue weighted by molar-refractivity contribution is -0.134. The van der Waals surface area contributed by atoms with Gasteiger partial charge < -0.3 is 9.64 Å². The number of amides is 1. The molecule has 0 bridgehead atoms. The zero-order valence-corrected chi connectivity index (χ0v) is 18.7. The third-order valence-electron chi connectivity index (χ3n) is 6.49. The van der Waals surface area contributed by atoms with Crippen LogP contribution in [0.2, 0.25) is 0 Å². The predicted molar refractivity (Wildman–Crippen MR) is 119 cm³/mol. The Balaban J connectivity index is 1.49. The van der Waals surface area contributed by atoms with Crippen LogP contribution in [0.15, 0.2) is 33.9 Å². The molecule has 1 aliphatic carbocycles. The molecule has 1 aliphatic heterocycles. The Morgan fingerprint density at radius 3 is 2.52 bits per heavy atom. The third kappa shape index (κ3) is 3.94. The van der Waals surface area contributed by atoms with Crippen LogP contribution in [0.3, 0.4) is 0 Å². The lowest BCUT2D eigenvalue weighted by Gasteiger charge is -2.32. The van der Waals surface area contributed by atoms with Gasteiger partial charge in [0.2, 0.25) is 5.91 Å². The van der Waals surface area contributed by atoms with E-state index in [9.17, 15) is 18.8 Å². The first-order valence-corrected chi connectivity index (χ1v) is 11.2. The number of aryl methyl sites for hydroxylation is 1. The number of hydrogen-bond acceptors (Lipinski definition) is 5. The first-order valence-electron chi connectivity index (χ1n) is 11.2. The summed E-state index contributed by atoms with van der Waals surface area (Å²) < 4.78 is 24.0. The number of imidazole rings is 1. The molecular formula is C23H26FN5O4. The molecule has 33 heavy (non-hydrogen) atoms. The molecule has 0 radical (unpaired) electrons. The van der Waals surface area contributed by atoms with Gasteiger partial charge in [-0.3, -0.25) is 23.3 Å². The molecular weight excluding hydrogens is 429 g/mol. The van der Waals surface area contributed by atoms with E-state index in [0.29, 0.717) is 31.5 Å². The van der Waals surface area contributed by atoms with Crippen molar-refractivity contribution in [3.8, 4) is 6.01 Å². The topological polar surface area (TPSA) is 91.4 Å². The molecule has 0 atom stereocenters. The molecule has 2 aliphatic rings. The Labute approximate surface area is 189 Å². The Morgan fingerprint density at radius 2 is 1.85 bits per heavy atom. The molecule has 2 fully saturated rings. The van der Waals surface area contributed by atoms with Gasteiger partial charge in [-0.15, -0.1) is 0 Å². The van der Waals surface area contributed by atoms with Gasteiger partial charge in [0.1, 0.15) is 11.9 Å². The second-order valence-electron chi connectivity index (χ2n) is 8.91. The minimum atomic E-state index is -0.489. The number of hydrogen-bond donors (Lipinski definition) is 0. The summed E-state index contributed by atoms with van der Waals surface area (Å²) in [6, 6.07) is 6.31. The van der Waals surface area contributed by atoms with E-state index in [0.717, 1.165) is 17.4 Å². The number of carbonyl (C=O) groups excluding carboxylic acids is 1. The molecule has 0 unspecified atom stereocenters. The molecule has 3 aromatic rings. The van der Waals surface area contributed by atoms with Gasteiger partial charge in [-0.1, -0.05) is 12.1 Å². The number of halogens is 1. The van der Waals surface area contributed by atoms with Crippen molar-refractivity contribution in [3.05, 3.63) is 56.5 Å². The highest BCUT2D eigenvalue weighted by Gasteiger charge is 2.35. The van der Waals surface area contributed by atoms with Gasteiger partial charge in [-0.2, -0.15) is 4.98 Å². The normalized spacial score (nSPS) is 17.0. The van der Waals surface area contributed by atoms with Crippen LogP contribution in [0.1, 0.15) is 31.2 Å². The summed E-state index contributed by atoms with van der Waals surface area (Å²) in [5.74, 6) is 0.0353. The smallest absolute Gasteiger partial charge is 0.332 e. The van der Waals surface area contributed by atoms with Crippen molar-refractivity contribution in [2.24, 2.45) is 20.0 Å². The van der Waals surface area contributed by atoms with Gasteiger partial charge >= 0.3 is 5.69 Å². The molecule has 1 aromatic carbocycles. The number of carbonyl (C=O) groups is 1. The second-order valence-corrected chi connectivity index (χ2v) is 8.91. The van der Waals surface area contributed by atoms with Crippen molar-refractivity contribution in [2.45, 2.75) is 38.3 Å². The Bertz CT molecular complexity index is 1350. The fraction of sp³-hybridized carbons (Fsp3) is 0.478. The number of aromatic nitrogens is 4. The van der Waals surface area contributed by atoms with Crippen molar-refractivity contribution < 1.29 is 13.9 Å². The van der Waals surface area contributed by atoms with E-state index in [1.165, 1.54) is 23.7 Å². The summed E-state index contributed by atoms with van der Waals surface area (Å²) in [6.45, 7) is 1.39. The second kappa shape index (κ2) is 8.17. The van der Waals surface area contributed by atoms with Crippen molar-refractivity contribution in [1.29, 1.82) is 0 Å². The quantitative estimate of drug-likeness (QED) is 0.580. The zero-order valence-electron chi connectivity index (χ0n) is 18.7. The van der Waals surface area contributed by atoms with Crippen LogP contribution in [0.4, 0.5) is 4.39 Å². The monoisotopic (exact) mass is 455 g/mol. The van der Waals surface area contributed by atoms with Gasteiger partial charge in [0.15, 0.2) is 11.2 Å². The number of piperidine rings is 1. The number of likely N-dealkylation sites (tertiary alicyclic amines) is 1. The lowest BCUT2D eigenvalue weighted by Crippen LogP contribution is -2.42. The minimum Gasteiger partial charge on any atom is -0.461 e. The van der Waals surface area contributed by atoms with E-state index in [-0.39, 0.29) is 47.5 Å². The lowest BCUT2D eigenvalue weighted by atomic mass is 10.1. The van der Waals surface area contributed by atoms with Crippen LogP contribution in [0, 0.1) is 11.7 Å². The molecule has 174 valence electrons. The zero-order chi connectivity index (χ0) is 23.3. The molecule has 2 aromatic heterocycles. The average Bonchev–Trinajstić information content (AvgIpc) is 3.60. The molecule has 5 rings (SSSR count). The fourth-order valence-electron chi connectivity index (χ4n) is 4.41. The predicted octanol–water partition coefficient (Wildman–Crippen LogP) is 1.40. The van der Waals surface area contributed by atoms with Crippen LogP contribution in [0.5, 0.6) is 6.01 Å². The first kappa shape index (κ1) is 21.4.